The molecule has 2 N–H and O–H groups in total. The number of rotatable bonds is 5. The zero-order chi connectivity index (χ0) is 16.4. The van der Waals surface area contributed by atoms with Gasteiger partial charge in [0, 0.05) is 17.8 Å². The minimum atomic E-state index is -0.0651. The summed E-state index contributed by atoms with van der Waals surface area (Å²) in [7, 11) is 0. The zero-order valence-electron chi connectivity index (χ0n) is 13.4. The van der Waals surface area contributed by atoms with Gasteiger partial charge in [0.05, 0.1) is 18.4 Å². The number of nitrogens with zero attached hydrogens (tertiary/aromatic N) is 3. The van der Waals surface area contributed by atoms with Crippen molar-refractivity contribution in [2.75, 3.05) is 0 Å². The molecule has 4 rings (SSSR count). The number of aliphatic hydroxyl groups excluding tert-OH is 1. The Bertz CT molecular complexity index is 810. The lowest BCUT2D eigenvalue weighted by Gasteiger charge is -2.23. The molecule has 0 amide bonds. The summed E-state index contributed by atoms with van der Waals surface area (Å²) in [5, 5.41) is 17.2. The molecule has 1 aliphatic rings. The average molecular weight is 324 g/mol. The number of nitrogens with one attached hydrogen (secondary N) is 1. The van der Waals surface area contributed by atoms with Crippen molar-refractivity contribution in [1.29, 1.82) is 0 Å². The summed E-state index contributed by atoms with van der Waals surface area (Å²) in [6.07, 6.45) is 6.94. The van der Waals surface area contributed by atoms with Gasteiger partial charge in [0.1, 0.15) is 18.1 Å². The molecule has 0 spiro atoms. The third kappa shape index (κ3) is 2.86. The van der Waals surface area contributed by atoms with Gasteiger partial charge >= 0.3 is 0 Å². The molecular formula is C18H20N4O2. The number of aromatic nitrogens is 3. The standard InChI is InChI=1S/C18H20N4O2/c23-12-14-8-7-13(24-14)10-20-16-4-3-5-17-15(16)11-21-22(17)18-6-1-2-9-19-18/h1-2,6-9,11,16,20,23H,3-5,10,12H2. The van der Waals surface area contributed by atoms with Crippen molar-refractivity contribution in [3.05, 3.63) is 65.5 Å². The number of hydrogen-bond acceptors (Lipinski definition) is 5. The molecule has 6 nitrogen and oxygen atoms in total. The van der Waals surface area contributed by atoms with E-state index in [2.05, 4.69) is 15.4 Å². The van der Waals surface area contributed by atoms with Gasteiger partial charge in [-0.3, -0.25) is 0 Å². The second-order valence-corrected chi connectivity index (χ2v) is 6.00. The molecule has 1 aliphatic carbocycles. The summed E-state index contributed by atoms with van der Waals surface area (Å²) in [4.78, 5) is 4.40. The van der Waals surface area contributed by atoms with Gasteiger partial charge in [-0.1, -0.05) is 6.07 Å². The van der Waals surface area contributed by atoms with Gasteiger partial charge < -0.3 is 14.8 Å². The Balaban J connectivity index is 1.53. The van der Waals surface area contributed by atoms with Crippen LogP contribution in [0, 0.1) is 0 Å². The highest BCUT2D eigenvalue weighted by Gasteiger charge is 2.24. The van der Waals surface area contributed by atoms with E-state index in [0.29, 0.717) is 12.3 Å². The van der Waals surface area contributed by atoms with E-state index < -0.39 is 0 Å². The first kappa shape index (κ1) is 15.1. The van der Waals surface area contributed by atoms with Crippen molar-refractivity contribution in [1.82, 2.24) is 20.1 Å². The fourth-order valence-electron chi connectivity index (χ4n) is 3.27. The van der Waals surface area contributed by atoms with Crippen LogP contribution in [0.2, 0.25) is 0 Å². The topological polar surface area (TPSA) is 76.1 Å². The largest absolute Gasteiger partial charge is 0.462 e. The van der Waals surface area contributed by atoms with Gasteiger partial charge in [0.2, 0.25) is 0 Å². The second-order valence-electron chi connectivity index (χ2n) is 6.00. The number of hydrogen-bond donors (Lipinski definition) is 2. The Morgan fingerprint density at radius 2 is 2.17 bits per heavy atom. The molecule has 0 saturated carbocycles. The number of pyridine rings is 1. The Labute approximate surface area is 140 Å². The highest BCUT2D eigenvalue weighted by atomic mass is 16.4. The van der Waals surface area contributed by atoms with E-state index in [1.807, 2.05) is 41.2 Å². The number of aliphatic hydroxyl groups is 1. The predicted molar refractivity (Wildman–Crippen MR) is 88.5 cm³/mol. The maximum Gasteiger partial charge on any atom is 0.153 e. The van der Waals surface area contributed by atoms with Crippen molar-refractivity contribution in [2.24, 2.45) is 0 Å². The van der Waals surface area contributed by atoms with Crippen LogP contribution in [0.3, 0.4) is 0 Å². The van der Waals surface area contributed by atoms with Crippen LogP contribution in [0.25, 0.3) is 5.82 Å². The molecule has 3 aromatic heterocycles. The van der Waals surface area contributed by atoms with Crippen molar-refractivity contribution >= 4 is 0 Å². The molecule has 1 unspecified atom stereocenters. The first-order valence-corrected chi connectivity index (χ1v) is 8.25. The maximum absolute atomic E-state index is 9.08. The van der Waals surface area contributed by atoms with Gasteiger partial charge in [-0.2, -0.15) is 5.10 Å². The summed E-state index contributed by atoms with van der Waals surface area (Å²) in [6, 6.07) is 9.83. The fraction of sp³-hybridized carbons (Fsp3) is 0.333. The van der Waals surface area contributed by atoms with E-state index in [-0.39, 0.29) is 12.6 Å². The molecule has 0 radical (unpaired) electrons. The summed E-state index contributed by atoms with van der Waals surface area (Å²) in [6.45, 7) is 0.573. The number of furan rings is 1. The van der Waals surface area contributed by atoms with Crippen LogP contribution >= 0.6 is 0 Å². The minimum absolute atomic E-state index is 0.0651. The molecule has 24 heavy (non-hydrogen) atoms. The number of fused-ring (bicyclic) bond motifs is 1. The monoisotopic (exact) mass is 324 g/mol. The minimum Gasteiger partial charge on any atom is -0.462 e. The van der Waals surface area contributed by atoms with Crippen LogP contribution in [0.15, 0.2) is 47.1 Å². The second kappa shape index (κ2) is 6.59. The Kier molecular flexibility index (Phi) is 4.15. The zero-order valence-corrected chi connectivity index (χ0v) is 13.4. The first-order valence-electron chi connectivity index (χ1n) is 8.25. The van der Waals surface area contributed by atoms with Gasteiger partial charge in [-0.05, 0) is 43.5 Å². The highest BCUT2D eigenvalue weighted by Crippen LogP contribution is 2.31. The van der Waals surface area contributed by atoms with Gasteiger partial charge in [-0.15, -0.1) is 0 Å². The highest BCUT2D eigenvalue weighted by molar-refractivity contribution is 5.32. The van der Waals surface area contributed by atoms with E-state index in [1.165, 1.54) is 11.3 Å². The van der Waals surface area contributed by atoms with E-state index in [4.69, 9.17) is 9.52 Å². The summed E-state index contributed by atoms with van der Waals surface area (Å²) < 4.78 is 7.49. The van der Waals surface area contributed by atoms with Gasteiger partial charge in [0.25, 0.3) is 0 Å². The molecule has 0 bridgehead atoms. The lowest BCUT2D eigenvalue weighted by Crippen LogP contribution is -2.25. The van der Waals surface area contributed by atoms with E-state index in [0.717, 1.165) is 30.8 Å². The quantitative estimate of drug-likeness (QED) is 0.754. The Morgan fingerprint density at radius 1 is 1.25 bits per heavy atom. The third-order valence-electron chi connectivity index (χ3n) is 4.45. The molecular weight excluding hydrogens is 304 g/mol. The van der Waals surface area contributed by atoms with Crippen LogP contribution in [-0.4, -0.2) is 19.9 Å². The Morgan fingerprint density at radius 3 is 2.96 bits per heavy atom. The van der Waals surface area contributed by atoms with Crippen LogP contribution in [0.4, 0.5) is 0 Å². The van der Waals surface area contributed by atoms with Crippen molar-refractivity contribution < 1.29 is 9.52 Å². The molecule has 0 aliphatic heterocycles. The van der Waals surface area contributed by atoms with Gasteiger partial charge in [0.15, 0.2) is 5.82 Å². The molecule has 3 heterocycles. The van der Waals surface area contributed by atoms with Crippen LogP contribution in [0.1, 0.15) is 41.7 Å². The molecule has 6 heteroatoms. The maximum atomic E-state index is 9.08. The summed E-state index contributed by atoms with van der Waals surface area (Å²) in [5.74, 6) is 2.29. The average Bonchev–Trinajstić information content (AvgIpc) is 3.27. The van der Waals surface area contributed by atoms with Crippen molar-refractivity contribution in [3.8, 4) is 5.82 Å². The molecule has 124 valence electrons. The lowest BCUT2D eigenvalue weighted by atomic mass is 9.93. The predicted octanol–water partition coefficient (Wildman–Crippen LogP) is 2.52. The van der Waals surface area contributed by atoms with E-state index in [1.54, 1.807) is 6.20 Å². The van der Waals surface area contributed by atoms with Gasteiger partial charge in [-0.25, -0.2) is 9.67 Å². The van der Waals surface area contributed by atoms with Crippen LogP contribution in [-0.2, 0) is 19.6 Å². The molecule has 0 saturated heterocycles. The van der Waals surface area contributed by atoms with E-state index in [9.17, 15) is 0 Å². The van der Waals surface area contributed by atoms with Crippen molar-refractivity contribution in [2.45, 2.75) is 38.5 Å². The molecule has 0 fully saturated rings. The van der Waals surface area contributed by atoms with Crippen LogP contribution in [0.5, 0.6) is 0 Å². The smallest absolute Gasteiger partial charge is 0.153 e. The third-order valence-corrected chi connectivity index (χ3v) is 4.45. The van der Waals surface area contributed by atoms with E-state index >= 15 is 0 Å². The summed E-state index contributed by atoms with van der Waals surface area (Å²) in [5.41, 5.74) is 2.47. The molecule has 0 aromatic carbocycles. The Hall–Kier alpha value is -2.44. The SMILES string of the molecule is OCc1ccc(CNC2CCCc3c2cnn3-c2ccccn2)o1. The fourth-order valence-corrected chi connectivity index (χ4v) is 3.27. The lowest BCUT2D eigenvalue weighted by molar-refractivity contribution is 0.242. The molecule has 1 atom stereocenters. The summed E-state index contributed by atoms with van der Waals surface area (Å²) >= 11 is 0. The molecule has 3 aromatic rings. The van der Waals surface area contributed by atoms with Crippen LogP contribution < -0.4 is 5.32 Å². The first-order chi connectivity index (χ1) is 11.8. The normalized spacial score (nSPS) is 17.0. The van der Waals surface area contributed by atoms with Crippen molar-refractivity contribution in [3.63, 3.8) is 0 Å².